The fourth-order valence-corrected chi connectivity index (χ4v) is 2.78. The van der Waals surface area contributed by atoms with E-state index in [1.807, 2.05) is 18.2 Å². The van der Waals surface area contributed by atoms with Gasteiger partial charge in [0.05, 0.1) is 11.4 Å². The molecule has 0 radical (unpaired) electrons. The molecule has 0 aliphatic rings. The molecule has 0 aliphatic carbocycles. The number of carbonyl (C=O) groups is 1. The van der Waals surface area contributed by atoms with Crippen molar-refractivity contribution in [1.82, 2.24) is 10.2 Å². The summed E-state index contributed by atoms with van der Waals surface area (Å²) in [6, 6.07) is 13.5. The van der Waals surface area contributed by atoms with E-state index in [1.165, 1.54) is 12.1 Å². The Morgan fingerprint density at radius 3 is 2.50 bits per heavy atom. The molecule has 0 saturated carbocycles. The second-order valence-electron chi connectivity index (χ2n) is 5.96. The van der Waals surface area contributed by atoms with E-state index >= 15 is 0 Å². The van der Waals surface area contributed by atoms with Gasteiger partial charge in [-0.25, -0.2) is 4.39 Å². The molecule has 0 unspecified atom stereocenters. The number of halogens is 1. The Bertz CT molecular complexity index is 882. The molecule has 0 fully saturated rings. The van der Waals surface area contributed by atoms with Crippen LogP contribution in [0.15, 0.2) is 48.5 Å². The number of rotatable bonds is 4. The fourth-order valence-electron chi connectivity index (χ4n) is 2.78. The van der Waals surface area contributed by atoms with E-state index < -0.39 is 5.91 Å². The zero-order valence-electron chi connectivity index (χ0n) is 13.5. The van der Waals surface area contributed by atoms with Gasteiger partial charge in [0.15, 0.2) is 0 Å². The lowest BCUT2D eigenvalue weighted by molar-refractivity contribution is 0.100. The standard InChI is InChI=1S/C19H18FN3O/c1-11(2)14-4-3-5-15(19(21)24)18(14)17-10-16(22-23-17)12-6-8-13(20)9-7-12/h3-11H,1-2H3,(H2,21,24)(H,22,23). The van der Waals surface area contributed by atoms with Crippen LogP contribution in [0.3, 0.4) is 0 Å². The second-order valence-corrected chi connectivity index (χ2v) is 5.96. The Balaban J connectivity index is 2.13. The highest BCUT2D eigenvalue weighted by atomic mass is 19.1. The van der Waals surface area contributed by atoms with Gasteiger partial charge >= 0.3 is 0 Å². The van der Waals surface area contributed by atoms with Gasteiger partial charge in [-0.3, -0.25) is 9.89 Å². The topological polar surface area (TPSA) is 71.8 Å². The molecule has 4 nitrogen and oxygen atoms in total. The van der Waals surface area contributed by atoms with Crippen LogP contribution in [0.25, 0.3) is 22.5 Å². The molecule has 5 heteroatoms. The predicted octanol–water partition coefficient (Wildman–Crippen LogP) is 4.11. The van der Waals surface area contributed by atoms with Crippen LogP contribution in [-0.4, -0.2) is 16.1 Å². The lowest BCUT2D eigenvalue weighted by atomic mass is 9.91. The molecule has 24 heavy (non-hydrogen) atoms. The van der Waals surface area contributed by atoms with Crippen LogP contribution in [0.4, 0.5) is 4.39 Å². The maximum atomic E-state index is 13.1. The normalized spacial score (nSPS) is 11.0. The molecular weight excluding hydrogens is 305 g/mol. The first-order valence-electron chi connectivity index (χ1n) is 7.72. The van der Waals surface area contributed by atoms with Crippen molar-refractivity contribution in [3.8, 4) is 22.5 Å². The highest BCUT2D eigenvalue weighted by molar-refractivity contribution is 6.00. The Labute approximate surface area is 139 Å². The number of carbonyl (C=O) groups excluding carboxylic acids is 1. The van der Waals surface area contributed by atoms with Gasteiger partial charge in [0, 0.05) is 16.7 Å². The SMILES string of the molecule is CC(C)c1cccc(C(N)=O)c1-c1cc(-c2ccc(F)cc2)n[nH]1. The molecule has 0 bridgehead atoms. The van der Waals surface area contributed by atoms with Gasteiger partial charge in [0.1, 0.15) is 5.82 Å². The van der Waals surface area contributed by atoms with E-state index in [0.717, 1.165) is 16.7 Å². The number of aromatic nitrogens is 2. The van der Waals surface area contributed by atoms with Crippen LogP contribution in [-0.2, 0) is 0 Å². The molecule has 1 aromatic heterocycles. The Morgan fingerprint density at radius 1 is 1.17 bits per heavy atom. The Kier molecular flexibility index (Phi) is 4.16. The van der Waals surface area contributed by atoms with Gasteiger partial charge in [-0.15, -0.1) is 0 Å². The summed E-state index contributed by atoms with van der Waals surface area (Å²) in [5.41, 5.74) is 9.96. The molecule has 0 aliphatic heterocycles. The van der Waals surface area contributed by atoms with E-state index in [2.05, 4.69) is 24.0 Å². The van der Waals surface area contributed by atoms with Crippen molar-refractivity contribution in [2.24, 2.45) is 5.73 Å². The van der Waals surface area contributed by atoms with E-state index in [0.29, 0.717) is 17.0 Å². The molecule has 122 valence electrons. The molecule has 0 atom stereocenters. The summed E-state index contributed by atoms with van der Waals surface area (Å²) >= 11 is 0. The third kappa shape index (κ3) is 2.93. The molecule has 0 saturated heterocycles. The average Bonchev–Trinajstić information content (AvgIpc) is 3.04. The number of hydrogen-bond acceptors (Lipinski definition) is 2. The third-order valence-corrected chi connectivity index (χ3v) is 3.97. The fraction of sp³-hybridized carbons (Fsp3) is 0.158. The van der Waals surface area contributed by atoms with Crippen molar-refractivity contribution < 1.29 is 9.18 Å². The van der Waals surface area contributed by atoms with Gasteiger partial charge in [0.25, 0.3) is 0 Å². The van der Waals surface area contributed by atoms with E-state index in [4.69, 9.17) is 5.73 Å². The molecule has 2 aromatic carbocycles. The zero-order chi connectivity index (χ0) is 17.3. The second kappa shape index (κ2) is 6.28. The monoisotopic (exact) mass is 323 g/mol. The smallest absolute Gasteiger partial charge is 0.249 e. The third-order valence-electron chi connectivity index (χ3n) is 3.97. The van der Waals surface area contributed by atoms with Crippen LogP contribution < -0.4 is 5.73 Å². The minimum absolute atomic E-state index is 0.219. The first-order valence-corrected chi connectivity index (χ1v) is 7.72. The molecule has 1 amide bonds. The van der Waals surface area contributed by atoms with Gasteiger partial charge in [-0.2, -0.15) is 5.10 Å². The minimum atomic E-state index is -0.481. The number of H-pyrrole nitrogens is 1. The summed E-state index contributed by atoms with van der Waals surface area (Å²) < 4.78 is 13.1. The number of nitrogens with zero attached hydrogens (tertiary/aromatic N) is 1. The molecular formula is C19H18FN3O. The lowest BCUT2D eigenvalue weighted by Crippen LogP contribution is -2.13. The number of nitrogens with two attached hydrogens (primary N) is 1. The number of primary amides is 1. The van der Waals surface area contributed by atoms with Gasteiger partial charge < -0.3 is 5.73 Å². The van der Waals surface area contributed by atoms with Gasteiger partial charge in [-0.1, -0.05) is 26.0 Å². The first kappa shape index (κ1) is 15.9. The number of hydrogen-bond donors (Lipinski definition) is 2. The van der Waals surface area contributed by atoms with Crippen molar-refractivity contribution >= 4 is 5.91 Å². The summed E-state index contributed by atoms with van der Waals surface area (Å²) in [6.07, 6.45) is 0. The quantitative estimate of drug-likeness (QED) is 0.758. The maximum absolute atomic E-state index is 13.1. The number of nitrogens with one attached hydrogen (secondary N) is 1. The molecule has 3 N–H and O–H groups in total. The highest BCUT2D eigenvalue weighted by Gasteiger charge is 2.18. The summed E-state index contributed by atoms with van der Waals surface area (Å²) in [6.45, 7) is 4.11. The van der Waals surface area contributed by atoms with Gasteiger partial charge in [0.2, 0.25) is 5.91 Å². The average molecular weight is 323 g/mol. The predicted molar refractivity (Wildman–Crippen MR) is 92.0 cm³/mol. The number of aromatic amines is 1. The number of amides is 1. The molecule has 0 spiro atoms. The number of benzene rings is 2. The maximum Gasteiger partial charge on any atom is 0.249 e. The molecule has 3 aromatic rings. The van der Waals surface area contributed by atoms with Crippen LogP contribution in [0.5, 0.6) is 0 Å². The largest absolute Gasteiger partial charge is 0.366 e. The van der Waals surface area contributed by atoms with E-state index in [-0.39, 0.29) is 11.7 Å². The van der Waals surface area contributed by atoms with Crippen LogP contribution in [0, 0.1) is 5.82 Å². The van der Waals surface area contributed by atoms with Crippen molar-refractivity contribution in [2.75, 3.05) is 0 Å². The summed E-state index contributed by atoms with van der Waals surface area (Å²) in [7, 11) is 0. The van der Waals surface area contributed by atoms with Crippen LogP contribution in [0.1, 0.15) is 35.7 Å². The summed E-state index contributed by atoms with van der Waals surface area (Å²) in [5.74, 6) is -0.557. The van der Waals surface area contributed by atoms with Crippen molar-refractivity contribution in [1.29, 1.82) is 0 Å². The lowest BCUT2D eigenvalue weighted by Gasteiger charge is -2.14. The van der Waals surface area contributed by atoms with Crippen LogP contribution in [0.2, 0.25) is 0 Å². The summed E-state index contributed by atoms with van der Waals surface area (Å²) in [4.78, 5) is 11.8. The Morgan fingerprint density at radius 2 is 1.88 bits per heavy atom. The van der Waals surface area contributed by atoms with Crippen molar-refractivity contribution in [3.63, 3.8) is 0 Å². The first-order chi connectivity index (χ1) is 11.5. The zero-order valence-corrected chi connectivity index (χ0v) is 13.5. The Hall–Kier alpha value is -2.95. The van der Waals surface area contributed by atoms with E-state index in [1.54, 1.807) is 18.2 Å². The summed E-state index contributed by atoms with van der Waals surface area (Å²) in [5, 5.41) is 7.27. The van der Waals surface area contributed by atoms with Crippen molar-refractivity contribution in [3.05, 3.63) is 65.5 Å². The van der Waals surface area contributed by atoms with Crippen LogP contribution >= 0.6 is 0 Å². The minimum Gasteiger partial charge on any atom is -0.366 e. The molecule has 3 rings (SSSR count). The van der Waals surface area contributed by atoms with E-state index in [9.17, 15) is 9.18 Å². The van der Waals surface area contributed by atoms with Gasteiger partial charge in [-0.05, 0) is 47.9 Å². The molecule has 1 heterocycles. The highest BCUT2D eigenvalue weighted by Crippen LogP contribution is 2.33. The van der Waals surface area contributed by atoms with Crippen molar-refractivity contribution in [2.45, 2.75) is 19.8 Å².